The number of fused-ring (bicyclic) bond motifs is 1. The first-order valence-corrected chi connectivity index (χ1v) is 10.3. The molecular weight excluding hydrogens is 435 g/mol. The van der Waals surface area contributed by atoms with E-state index >= 15 is 0 Å². The molecule has 0 fully saturated rings. The van der Waals surface area contributed by atoms with Crippen LogP contribution in [0.15, 0.2) is 55.1 Å². The highest BCUT2D eigenvalue weighted by Crippen LogP contribution is 2.43. The largest absolute Gasteiger partial charge is 0.496 e. The number of methoxy groups -OCH3 is 1. The number of nitrogens with zero attached hydrogens (tertiary/aromatic N) is 3. The summed E-state index contributed by atoms with van der Waals surface area (Å²) in [4.78, 5) is 35.9. The van der Waals surface area contributed by atoms with E-state index in [1.165, 1.54) is 36.8 Å². The Balaban J connectivity index is 1.91. The smallest absolute Gasteiger partial charge is 0.259 e. The fourth-order valence-corrected chi connectivity index (χ4v) is 4.44. The summed E-state index contributed by atoms with van der Waals surface area (Å²) in [5.74, 6) is -1.36. The number of ether oxygens (including phenoxy) is 1. The van der Waals surface area contributed by atoms with E-state index in [0.29, 0.717) is 35.3 Å². The standard InChI is InChI=1S/C23H20ClFN4O3/c1-32-20-5-3-2-4-16(20)23(31)29(21(22(26)30)13-10-27-12-28-11-13)19-7-6-15-17(19)8-14(24)9-18(15)25/h2-5,8-12,19,21H,6-7H2,1H3,(H2,26,30)/t19-,21?/m1/s1. The van der Waals surface area contributed by atoms with Crippen molar-refractivity contribution in [3.8, 4) is 5.75 Å². The monoisotopic (exact) mass is 454 g/mol. The molecule has 1 aromatic heterocycles. The van der Waals surface area contributed by atoms with Crippen LogP contribution in [-0.2, 0) is 11.2 Å². The van der Waals surface area contributed by atoms with E-state index in [4.69, 9.17) is 22.1 Å². The van der Waals surface area contributed by atoms with Crippen molar-refractivity contribution >= 4 is 23.4 Å². The van der Waals surface area contributed by atoms with Gasteiger partial charge in [-0.2, -0.15) is 0 Å². The molecule has 7 nitrogen and oxygen atoms in total. The van der Waals surface area contributed by atoms with Crippen molar-refractivity contribution in [2.24, 2.45) is 5.73 Å². The Morgan fingerprint density at radius 2 is 1.97 bits per heavy atom. The Labute approximate surface area is 189 Å². The molecule has 4 rings (SSSR count). The van der Waals surface area contributed by atoms with Gasteiger partial charge in [0.05, 0.1) is 18.7 Å². The zero-order chi connectivity index (χ0) is 22.8. The highest BCUT2D eigenvalue weighted by atomic mass is 35.5. The van der Waals surface area contributed by atoms with Crippen molar-refractivity contribution < 1.29 is 18.7 Å². The molecule has 0 bridgehead atoms. The van der Waals surface area contributed by atoms with Crippen molar-refractivity contribution in [2.75, 3.05) is 7.11 Å². The van der Waals surface area contributed by atoms with Crippen molar-refractivity contribution in [3.63, 3.8) is 0 Å². The molecule has 0 saturated heterocycles. The first-order chi connectivity index (χ1) is 15.4. The Morgan fingerprint density at radius 1 is 1.25 bits per heavy atom. The lowest BCUT2D eigenvalue weighted by molar-refractivity contribution is -0.123. The highest BCUT2D eigenvalue weighted by Gasteiger charge is 2.41. The number of amides is 2. The summed E-state index contributed by atoms with van der Waals surface area (Å²) >= 11 is 6.13. The Bertz CT molecular complexity index is 1180. The molecule has 3 aromatic rings. The molecule has 1 aliphatic carbocycles. The number of primary amides is 1. The molecule has 0 saturated carbocycles. The van der Waals surface area contributed by atoms with Crippen LogP contribution in [0.3, 0.4) is 0 Å². The van der Waals surface area contributed by atoms with E-state index < -0.39 is 29.7 Å². The Kier molecular flexibility index (Phi) is 6.05. The van der Waals surface area contributed by atoms with Gasteiger partial charge in [0.2, 0.25) is 5.91 Å². The lowest BCUT2D eigenvalue weighted by atomic mass is 9.99. The summed E-state index contributed by atoms with van der Waals surface area (Å²) in [6.07, 6.45) is 4.95. The summed E-state index contributed by atoms with van der Waals surface area (Å²) < 4.78 is 20.0. The zero-order valence-electron chi connectivity index (χ0n) is 17.2. The lowest BCUT2D eigenvalue weighted by Gasteiger charge is -2.35. The molecule has 2 atom stereocenters. The Hall–Kier alpha value is -3.52. The predicted molar refractivity (Wildman–Crippen MR) is 116 cm³/mol. The number of halogens is 2. The molecule has 1 heterocycles. The molecule has 164 valence electrons. The number of nitrogens with two attached hydrogens (primary N) is 1. The number of carbonyl (C=O) groups is 2. The van der Waals surface area contributed by atoms with Gasteiger partial charge in [-0.25, -0.2) is 14.4 Å². The first kappa shape index (κ1) is 21.7. The van der Waals surface area contributed by atoms with Gasteiger partial charge in [-0.05, 0) is 48.2 Å². The normalized spacial score (nSPS) is 15.7. The van der Waals surface area contributed by atoms with Crippen molar-refractivity contribution in [1.29, 1.82) is 0 Å². The van der Waals surface area contributed by atoms with Crippen molar-refractivity contribution in [3.05, 3.63) is 88.2 Å². The van der Waals surface area contributed by atoms with Gasteiger partial charge in [-0.1, -0.05) is 23.7 Å². The van der Waals surface area contributed by atoms with E-state index in [9.17, 15) is 14.0 Å². The topological polar surface area (TPSA) is 98.4 Å². The highest BCUT2D eigenvalue weighted by molar-refractivity contribution is 6.30. The van der Waals surface area contributed by atoms with Gasteiger partial charge in [0.15, 0.2) is 0 Å². The summed E-state index contributed by atoms with van der Waals surface area (Å²) in [6.45, 7) is 0. The minimum atomic E-state index is -1.19. The number of hydrogen-bond acceptors (Lipinski definition) is 5. The minimum absolute atomic E-state index is 0.205. The second-order valence-corrected chi connectivity index (χ2v) is 7.84. The lowest BCUT2D eigenvalue weighted by Crippen LogP contribution is -2.43. The molecule has 1 aliphatic rings. The fourth-order valence-electron chi connectivity index (χ4n) is 4.22. The van der Waals surface area contributed by atoms with Gasteiger partial charge >= 0.3 is 0 Å². The second-order valence-electron chi connectivity index (χ2n) is 7.40. The molecule has 0 radical (unpaired) electrons. The summed E-state index contributed by atoms with van der Waals surface area (Å²) in [7, 11) is 1.45. The summed E-state index contributed by atoms with van der Waals surface area (Å²) in [6, 6.07) is 7.71. The molecule has 2 aromatic carbocycles. The number of rotatable bonds is 6. The molecule has 9 heteroatoms. The van der Waals surface area contributed by atoms with Crippen LogP contribution in [-0.4, -0.2) is 33.8 Å². The van der Waals surface area contributed by atoms with Crippen LogP contribution in [0.1, 0.15) is 45.6 Å². The van der Waals surface area contributed by atoms with E-state index in [1.807, 2.05) is 0 Å². The average molecular weight is 455 g/mol. The second kappa shape index (κ2) is 8.92. The molecule has 0 spiro atoms. The van der Waals surface area contributed by atoms with E-state index in [0.717, 1.165) is 0 Å². The maximum absolute atomic E-state index is 14.6. The Morgan fingerprint density at radius 3 is 2.66 bits per heavy atom. The van der Waals surface area contributed by atoms with Crippen LogP contribution in [0.2, 0.25) is 5.02 Å². The minimum Gasteiger partial charge on any atom is -0.496 e. The van der Waals surface area contributed by atoms with Crippen LogP contribution in [0.5, 0.6) is 5.75 Å². The maximum atomic E-state index is 14.6. The van der Waals surface area contributed by atoms with Crippen LogP contribution < -0.4 is 10.5 Å². The average Bonchev–Trinajstić information content (AvgIpc) is 3.20. The third-order valence-electron chi connectivity index (χ3n) is 5.57. The quantitative estimate of drug-likeness (QED) is 0.613. The maximum Gasteiger partial charge on any atom is 0.259 e. The van der Waals surface area contributed by atoms with Gasteiger partial charge in [0.25, 0.3) is 5.91 Å². The number of para-hydroxylation sites is 1. The van der Waals surface area contributed by atoms with Crippen LogP contribution in [0, 0.1) is 5.82 Å². The number of aromatic nitrogens is 2. The molecule has 2 amide bonds. The van der Waals surface area contributed by atoms with Gasteiger partial charge in [0.1, 0.15) is 23.9 Å². The molecule has 1 unspecified atom stereocenters. The van der Waals surface area contributed by atoms with Gasteiger partial charge in [-0.15, -0.1) is 0 Å². The van der Waals surface area contributed by atoms with Crippen molar-refractivity contribution in [1.82, 2.24) is 14.9 Å². The zero-order valence-corrected chi connectivity index (χ0v) is 17.9. The third-order valence-corrected chi connectivity index (χ3v) is 5.79. The van der Waals surface area contributed by atoms with Crippen molar-refractivity contribution in [2.45, 2.75) is 24.9 Å². The number of carbonyl (C=O) groups excluding carboxylic acids is 2. The molecular formula is C23H20ClFN4O3. The molecule has 2 N–H and O–H groups in total. The summed E-state index contributed by atoms with van der Waals surface area (Å²) in [5, 5.41) is 0.205. The first-order valence-electron chi connectivity index (χ1n) is 9.90. The number of benzene rings is 2. The van der Waals surface area contributed by atoms with Gasteiger partial charge < -0.3 is 15.4 Å². The van der Waals surface area contributed by atoms with Crippen LogP contribution in [0.25, 0.3) is 0 Å². The molecule has 32 heavy (non-hydrogen) atoms. The third kappa shape index (κ3) is 3.89. The van der Waals surface area contributed by atoms with Crippen LogP contribution in [0.4, 0.5) is 4.39 Å². The number of hydrogen-bond donors (Lipinski definition) is 1. The SMILES string of the molecule is COc1ccccc1C(=O)N(C(C(N)=O)c1cncnc1)[C@@H]1CCc2c(F)cc(Cl)cc21. The van der Waals surface area contributed by atoms with E-state index in [1.54, 1.807) is 30.3 Å². The predicted octanol–water partition coefficient (Wildman–Crippen LogP) is 3.63. The summed E-state index contributed by atoms with van der Waals surface area (Å²) in [5.41, 5.74) is 7.38. The van der Waals surface area contributed by atoms with Gasteiger partial charge in [0, 0.05) is 23.0 Å². The van der Waals surface area contributed by atoms with Gasteiger partial charge in [-0.3, -0.25) is 9.59 Å². The van der Waals surface area contributed by atoms with E-state index in [-0.39, 0.29) is 10.6 Å². The van der Waals surface area contributed by atoms with E-state index in [2.05, 4.69) is 9.97 Å². The van der Waals surface area contributed by atoms with Crippen LogP contribution >= 0.6 is 11.6 Å². The fraction of sp³-hybridized carbons (Fsp3) is 0.217. The molecule has 0 aliphatic heterocycles.